The molecule has 1 aliphatic heterocycles. The predicted octanol–water partition coefficient (Wildman–Crippen LogP) is 8.82. The van der Waals surface area contributed by atoms with Crippen LogP contribution in [0.4, 0.5) is 4.79 Å². The lowest BCUT2D eigenvalue weighted by atomic mass is 9.96. The van der Waals surface area contributed by atoms with Crippen LogP contribution in [0.1, 0.15) is 90.8 Å². The number of likely N-dealkylation sites (tertiary alicyclic amines) is 1. The van der Waals surface area contributed by atoms with Gasteiger partial charge in [-0.1, -0.05) is 103 Å². The van der Waals surface area contributed by atoms with Gasteiger partial charge in [0.05, 0.1) is 0 Å². The maximum atomic E-state index is 13.5. The number of hydrogen-bond acceptors (Lipinski definition) is 2. The van der Waals surface area contributed by atoms with Gasteiger partial charge in [0.2, 0.25) is 0 Å². The molecule has 3 rings (SSSR count). The van der Waals surface area contributed by atoms with E-state index in [0.717, 1.165) is 56.2 Å². The van der Waals surface area contributed by atoms with Crippen LogP contribution >= 0.6 is 0 Å². The fraction of sp³-hybridized carbons (Fsp3) is 0.500. The molecule has 0 aromatic heterocycles. The van der Waals surface area contributed by atoms with E-state index in [1.807, 2.05) is 44.9 Å². The van der Waals surface area contributed by atoms with Crippen molar-refractivity contribution in [3.63, 3.8) is 0 Å². The number of piperidine rings is 1. The normalized spacial score (nSPS) is 15.3. The number of nitrogens with zero attached hydrogens (tertiary/aromatic N) is 3. The number of carbonyl (C=O) groups is 1. The number of hydrazone groups is 1. The molecule has 0 N–H and O–H groups in total. The van der Waals surface area contributed by atoms with E-state index in [-0.39, 0.29) is 12.1 Å². The largest absolute Gasteiger partial charge is 0.344 e. The van der Waals surface area contributed by atoms with E-state index in [2.05, 4.69) is 81.1 Å². The highest BCUT2D eigenvalue weighted by Gasteiger charge is 2.29. The van der Waals surface area contributed by atoms with Crippen molar-refractivity contribution >= 4 is 18.3 Å². The van der Waals surface area contributed by atoms with Gasteiger partial charge in [-0.05, 0) is 66.7 Å². The molecule has 0 spiro atoms. The van der Waals surface area contributed by atoms with Crippen LogP contribution in [-0.4, -0.2) is 35.2 Å². The lowest BCUT2D eigenvalue weighted by Gasteiger charge is -2.37. The number of benzene rings is 2. The Labute approximate surface area is 221 Å². The van der Waals surface area contributed by atoms with Gasteiger partial charge in [-0.2, -0.15) is 10.1 Å². The maximum absolute atomic E-state index is 13.5. The van der Waals surface area contributed by atoms with Gasteiger partial charge in [0, 0.05) is 25.5 Å². The molecular weight excluding hydrogens is 442 g/mol. The molecule has 4 heteroatoms. The highest BCUT2D eigenvalue weighted by atomic mass is 16.2. The Hall–Kier alpha value is -2.88. The Balaban J connectivity index is 0.00000154. The van der Waals surface area contributed by atoms with E-state index in [1.165, 1.54) is 16.1 Å². The molecule has 0 radical (unpaired) electrons. The fourth-order valence-electron chi connectivity index (χ4n) is 4.48. The molecule has 2 amide bonds. The highest BCUT2D eigenvalue weighted by molar-refractivity contribution is 5.78. The lowest BCUT2D eigenvalue weighted by molar-refractivity contribution is 0.128. The summed E-state index contributed by atoms with van der Waals surface area (Å²) in [6, 6.07) is 19.2. The molecule has 1 saturated heterocycles. The van der Waals surface area contributed by atoms with Crippen molar-refractivity contribution in [1.29, 1.82) is 0 Å². The molecule has 1 aliphatic rings. The molecule has 0 aliphatic carbocycles. The van der Waals surface area contributed by atoms with Crippen LogP contribution in [0.3, 0.4) is 0 Å². The highest BCUT2D eigenvalue weighted by Crippen LogP contribution is 2.25. The Bertz CT molecular complexity index is 903. The summed E-state index contributed by atoms with van der Waals surface area (Å²) in [7, 11) is 0. The summed E-state index contributed by atoms with van der Waals surface area (Å²) >= 11 is 0. The fourth-order valence-corrected chi connectivity index (χ4v) is 4.48. The van der Waals surface area contributed by atoms with Crippen LogP contribution < -0.4 is 0 Å². The second kappa shape index (κ2) is 17.5. The van der Waals surface area contributed by atoms with Crippen molar-refractivity contribution in [3.05, 3.63) is 77.5 Å². The SMILES string of the molecule is C=NN(/C=C(\CC)c1ccc(CC(C)C)cc1)C(=O)N1CCCCC1Cc1ccccc1.CC.CC. The van der Waals surface area contributed by atoms with Gasteiger partial charge in [0.15, 0.2) is 0 Å². The van der Waals surface area contributed by atoms with E-state index < -0.39 is 0 Å². The van der Waals surface area contributed by atoms with Gasteiger partial charge in [0.1, 0.15) is 0 Å². The summed E-state index contributed by atoms with van der Waals surface area (Å²) in [4.78, 5) is 15.4. The molecule has 0 bridgehead atoms. The van der Waals surface area contributed by atoms with Crippen LogP contribution in [0.25, 0.3) is 5.57 Å². The zero-order chi connectivity index (χ0) is 26.9. The molecule has 36 heavy (non-hydrogen) atoms. The van der Waals surface area contributed by atoms with Crippen LogP contribution in [0.2, 0.25) is 0 Å². The monoisotopic (exact) mass is 491 g/mol. The van der Waals surface area contributed by atoms with E-state index in [4.69, 9.17) is 0 Å². The second-order valence-electron chi connectivity index (χ2n) is 9.10. The molecule has 4 nitrogen and oxygen atoms in total. The number of urea groups is 1. The number of allylic oxidation sites excluding steroid dienone is 1. The standard InChI is InChI=1S/C28H37N3O.2C2H6/c1-5-25(26-16-14-24(15-17-26)19-22(2)3)21-31(29-4)28(32)30-18-10-9-13-27(30)20-23-11-7-6-8-12-23;2*1-2/h6-8,11-12,14-17,21-22,27H,4-5,9-10,13,18-20H2,1-3H3;2*1-2H3/b25-21+;;. The third-order valence-corrected chi connectivity index (χ3v) is 6.16. The first-order valence-electron chi connectivity index (χ1n) is 13.9. The smallest absolute Gasteiger partial charge is 0.320 e. The van der Waals surface area contributed by atoms with Gasteiger partial charge < -0.3 is 4.90 Å². The van der Waals surface area contributed by atoms with Crippen LogP contribution in [-0.2, 0) is 12.8 Å². The van der Waals surface area contributed by atoms with E-state index in [0.29, 0.717) is 5.92 Å². The molecule has 1 heterocycles. The molecule has 2 aromatic rings. The summed E-state index contributed by atoms with van der Waals surface area (Å²) in [5.41, 5.74) is 4.81. The zero-order valence-electron chi connectivity index (χ0n) is 23.8. The van der Waals surface area contributed by atoms with Crippen LogP contribution in [0.15, 0.2) is 65.9 Å². The van der Waals surface area contributed by atoms with Gasteiger partial charge >= 0.3 is 6.03 Å². The Morgan fingerprint density at radius 3 is 2.22 bits per heavy atom. The zero-order valence-corrected chi connectivity index (χ0v) is 23.8. The summed E-state index contributed by atoms with van der Waals surface area (Å²) < 4.78 is 0. The molecule has 1 unspecified atom stereocenters. The molecule has 0 saturated carbocycles. The summed E-state index contributed by atoms with van der Waals surface area (Å²) in [5.74, 6) is 0.633. The molecule has 198 valence electrons. The van der Waals surface area contributed by atoms with Gasteiger partial charge in [-0.15, -0.1) is 0 Å². The van der Waals surface area contributed by atoms with Crippen LogP contribution in [0.5, 0.6) is 0 Å². The van der Waals surface area contributed by atoms with Gasteiger partial charge in [0.25, 0.3) is 0 Å². The van der Waals surface area contributed by atoms with Crippen molar-refractivity contribution in [3.8, 4) is 0 Å². The first-order chi connectivity index (χ1) is 17.5. The minimum absolute atomic E-state index is 0.0805. The van der Waals surface area contributed by atoms with Crippen molar-refractivity contribution in [2.45, 2.75) is 93.0 Å². The number of amides is 2. The van der Waals surface area contributed by atoms with Crippen molar-refractivity contribution in [2.75, 3.05) is 6.54 Å². The van der Waals surface area contributed by atoms with Crippen molar-refractivity contribution < 1.29 is 4.79 Å². The van der Waals surface area contributed by atoms with E-state index in [1.54, 1.807) is 0 Å². The van der Waals surface area contributed by atoms with E-state index >= 15 is 0 Å². The second-order valence-corrected chi connectivity index (χ2v) is 9.10. The molecule has 1 fully saturated rings. The minimum atomic E-state index is -0.0805. The summed E-state index contributed by atoms with van der Waals surface area (Å²) in [6.07, 6.45) is 7.83. The number of carbonyl (C=O) groups excluding carboxylic acids is 1. The molecule has 1 atom stereocenters. The van der Waals surface area contributed by atoms with Gasteiger partial charge in [-0.25, -0.2) is 4.79 Å². The van der Waals surface area contributed by atoms with Crippen LogP contribution in [0, 0.1) is 5.92 Å². The summed E-state index contributed by atoms with van der Waals surface area (Å²) in [6.45, 7) is 19.0. The third-order valence-electron chi connectivity index (χ3n) is 6.16. The first kappa shape index (κ1) is 31.2. The average molecular weight is 492 g/mol. The summed E-state index contributed by atoms with van der Waals surface area (Å²) in [5, 5.41) is 5.53. The average Bonchev–Trinajstić information content (AvgIpc) is 2.92. The molecular formula is C32H49N3O. The Kier molecular flexibility index (Phi) is 15.2. The lowest BCUT2D eigenvalue weighted by Crippen LogP contribution is -2.48. The number of rotatable bonds is 8. The quantitative estimate of drug-likeness (QED) is 0.268. The van der Waals surface area contributed by atoms with Crippen molar-refractivity contribution in [2.24, 2.45) is 11.0 Å². The number of hydrogen-bond donors (Lipinski definition) is 0. The van der Waals surface area contributed by atoms with E-state index in [9.17, 15) is 4.79 Å². The first-order valence-corrected chi connectivity index (χ1v) is 13.9. The maximum Gasteiger partial charge on any atom is 0.344 e. The predicted molar refractivity (Wildman–Crippen MR) is 157 cm³/mol. The van der Waals surface area contributed by atoms with Gasteiger partial charge in [-0.3, -0.25) is 0 Å². The minimum Gasteiger partial charge on any atom is -0.320 e. The third kappa shape index (κ3) is 9.64. The topological polar surface area (TPSA) is 35.9 Å². The Morgan fingerprint density at radius 2 is 1.67 bits per heavy atom. The Morgan fingerprint density at radius 1 is 1.03 bits per heavy atom. The van der Waals surface area contributed by atoms with Crippen molar-refractivity contribution in [1.82, 2.24) is 9.91 Å². The molecule has 2 aromatic carbocycles.